The summed E-state index contributed by atoms with van der Waals surface area (Å²) in [7, 11) is 0. The lowest BCUT2D eigenvalue weighted by Gasteiger charge is -2.37. The van der Waals surface area contributed by atoms with Gasteiger partial charge in [-0.2, -0.15) is 0 Å². The Bertz CT molecular complexity index is 380. The summed E-state index contributed by atoms with van der Waals surface area (Å²) >= 11 is 0. The third-order valence-corrected chi connectivity index (χ3v) is 4.01. The van der Waals surface area contributed by atoms with E-state index in [9.17, 15) is 0 Å². The van der Waals surface area contributed by atoms with Crippen LogP contribution in [0.3, 0.4) is 0 Å². The molecule has 1 aromatic heterocycles. The molecule has 19 heavy (non-hydrogen) atoms. The predicted octanol–water partition coefficient (Wildman–Crippen LogP) is 2.02. The van der Waals surface area contributed by atoms with Crippen LogP contribution in [0.5, 0.6) is 0 Å². The van der Waals surface area contributed by atoms with Crippen molar-refractivity contribution >= 4 is 5.82 Å². The van der Waals surface area contributed by atoms with Gasteiger partial charge in [0.05, 0.1) is 0 Å². The van der Waals surface area contributed by atoms with Crippen LogP contribution in [-0.4, -0.2) is 42.1 Å². The Hall–Kier alpha value is -1.13. The van der Waals surface area contributed by atoms with Crippen molar-refractivity contribution in [2.75, 3.05) is 31.1 Å². The van der Waals surface area contributed by atoms with Crippen LogP contribution in [0.2, 0.25) is 0 Å². The van der Waals surface area contributed by atoms with E-state index in [2.05, 4.69) is 47.7 Å². The van der Waals surface area contributed by atoms with Crippen LogP contribution < -0.4 is 10.6 Å². The summed E-state index contributed by atoms with van der Waals surface area (Å²) in [6, 6.07) is 4.97. The Labute approximate surface area is 116 Å². The lowest BCUT2D eigenvalue weighted by atomic mass is 10.1. The molecule has 2 heterocycles. The Kier molecular flexibility index (Phi) is 4.77. The largest absolute Gasteiger partial charge is 0.354 e. The zero-order valence-electron chi connectivity index (χ0n) is 12.3. The van der Waals surface area contributed by atoms with Crippen molar-refractivity contribution in [3.05, 3.63) is 23.9 Å². The summed E-state index contributed by atoms with van der Waals surface area (Å²) in [6.45, 7) is 11.0. The van der Waals surface area contributed by atoms with Crippen LogP contribution >= 0.6 is 0 Å². The van der Waals surface area contributed by atoms with Crippen molar-refractivity contribution in [2.45, 2.75) is 39.3 Å². The molecule has 0 spiro atoms. The van der Waals surface area contributed by atoms with E-state index in [4.69, 9.17) is 5.73 Å². The van der Waals surface area contributed by atoms with E-state index >= 15 is 0 Å². The number of piperazine rings is 1. The van der Waals surface area contributed by atoms with Gasteiger partial charge in [0.1, 0.15) is 5.82 Å². The van der Waals surface area contributed by atoms with Gasteiger partial charge in [-0.15, -0.1) is 0 Å². The molecule has 1 atom stereocenters. The van der Waals surface area contributed by atoms with Crippen LogP contribution in [-0.2, 0) is 0 Å². The van der Waals surface area contributed by atoms with Crippen LogP contribution in [0.25, 0.3) is 0 Å². The molecule has 0 unspecified atom stereocenters. The maximum Gasteiger partial charge on any atom is 0.128 e. The minimum atomic E-state index is 0.110. The Balaban J connectivity index is 1.96. The zero-order valence-corrected chi connectivity index (χ0v) is 12.3. The molecule has 106 valence electrons. The van der Waals surface area contributed by atoms with Crippen LogP contribution in [0, 0.1) is 0 Å². The van der Waals surface area contributed by atoms with E-state index in [1.807, 2.05) is 6.20 Å². The Morgan fingerprint density at radius 1 is 1.21 bits per heavy atom. The molecule has 1 aromatic rings. The number of rotatable bonds is 4. The van der Waals surface area contributed by atoms with E-state index in [-0.39, 0.29) is 6.04 Å². The van der Waals surface area contributed by atoms with Crippen molar-refractivity contribution in [1.82, 2.24) is 9.88 Å². The second-order valence-electron chi connectivity index (χ2n) is 5.58. The number of aromatic nitrogens is 1. The van der Waals surface area contributed by atoms with Crippen LogP contribution in [0.4, 0.5) is 5.82 Å². The highest BCUT2D eigenvalue weighted by Crippen LogP contribution is 2.18. The number of nitrogens with zero attached hydrogens (tertiary/aromatic N) is 3. The minimum absolute atomic E-state index is 0.110. The molecule has 1 aliphatic rings. The number of anilines is 1. The summed E-state index contributed by atoms with van der Waals surface area (Å²) < 4.78 is 0. The molecular weight excluding hydrogens is 236 g/mol. The molecule has 0 amide bonds. The number of hydrogen-bond acceptors (Lipinski definition) is 4. The van der Waals surface area contributed by atoms with Gasteiger partial charge in [-0.3, -0.25) is 4.90 Å². The quantitative estimate of drug-likeness (QED) is 0.902. The van der Waals surface area contributed by atoms with Gasteiger partial charge < -0.3 is 10.6 Å². The highest BCUT2D eigenvalue weighted by atomic mass is 15.3. The standard InChI is InChI=1S/C15H26N4/c1-4-14(16)13-5-6-15(17-11-13)19-9-7-18(8-10-19)12(2)3/h5-6,11-12,14H,4,7-10,16H2,1-3H3/t14-/m0/s1. The molecule has 0 aromatic carbocycles. The highest BCUT2D eigenvalue weighted by molar-refractivity contribution is 5.40. The first kappa shape index (κ1) is 14.3. The second-order valence-corrected chi connectivity index (χ2v) is 5.58. The number of nitrogens with two attached hydrogens (primary N) is 1. The summed E-state index contributed by atoms with van der Waals surface area (Å²) in [5, 5.41) is 0. The third kappa shape index (κ3) is 3.45. The van der Waals surface area contributed by atoms with Crippen LogP contribution in [0.15, 0.2) is 18.3 Å². The maximum atomic E-state index is 6.01. The molecule has 2 N–H and O–H groups in total. The third-order valence-electron chi connectivity index (χ3n) is 4.01. The van der Waals surface area contributed by atoms with E-state index < -0.39 is 0 Å². The first-order valence-corrected chi connectivity index (χ1v) is 7.32. The molecule has 1 saturated heterocycles. The predicted molar refractivity (Wildman–Crippen MR) is 80.4 cm³/mol. The average molecular weight is 262 g/mol. The van der Waals surface area contributed by atoms with Crippen molar-refractivity contribution in [1.29, 1.82) is 0 Å². The number of pyridine rings is 1. The Morgan fingerprint density at radius 3 is 2.37 bits per heavy atom. The van der Waals surface area contributed by atoms with Crippen molar-refractivity contribution < 1.29 is 0 Å². The van der Waals surface area contributed by atoms with Crippen LogP contribution in [0.1, 0.15) is 38.8 Å². The Morgan fingerprint density at radius 2 is 1.89 bits per heavy atom. The smallest absolute Gasteiger partial charge is 0.128 e. The van der Waals surface area contributed by atoms with E-state index in [0.29, 0.717) is 6.04 Å². The van der Waals surface area contributed by atoms with Gasteiger partial charge in [-0.1, -0.05) is 13.0 Å². The lowest BCUT2D eigenvalue weighted by molar-refractivity contribution is 0.209. The molecule has 0 bridgehead atoms. The van der Waals surface area contributed by atoms with E-state index in [0.717, 1.165) is 44.0 Å². The molecule has 0 aliphatic carbocycles. The monoisotopic (exact) mass is 262 g/mol. The van der Waals surface area contributed by atoms with Crippen molar-refractivity contribution in [3.8, 4) is 0 Å². The zero-order chi connectivity index (χ0) is 13.8. The molecule has 4 heteroatoms. The van der Waals surface area contributed by atoms with Gasteiger partial charge in [0.15, 0.2) is 0 Å². The fraction of sp³-hybridized carbons (Fsp3) is 0.667. The number of hydrogen-bond donors (Lipinski definition) is 1. The van der Waals surface area contributed by atoms with Crippen molar-refractivity contribution in [3.63, 3.8) is 0 Å². The van der Waals surface area contributed by atoms with Gasteiger partial charge in [0.25, 0.3) is 0 Å². The minimum Gasteiger partial charge on any atom is -0.354 e. The van der Waals surface area contributed by atoms with Gasteiger partial charge in [-0.05, 0) is 31.9 Å². The first-order valence-electron chi connectivity index (χ1n) is 7.32. The molecule has 0 radical (unpaired) electrons. The fourth-order valence-corrected chi connectivity index (χ4v) is 2.51. The fourth-order valence-electron chi connectivity index (χ4n) is 2.51. The SMILES string of the molecule is CC[C@H](N)c1ccc(N2CCN(C(C)C)CC2)nc1. The second kappa shape index (κ2) is 6.35. The molecule has 0 saturated carbocycles. The van der Waals surface area contributed by atoms with Gasteiger partial charge in [-0.25, -0.2) is 4.98 Å². The van der Waals surface area contributed by atoms with Gasteiger partial charge in [0.2, 0.25) is 0 Å². The average Bonchev–Trinajstić information content (AvgIpc) is 2.46. The first-order chi connectivity index (χ1) is 9.11. The lowest BCUT2D eigenvalue weighted by Crippen LogP contribution is -2.49. The van der Waals surface area contributed by atoms with Gasteiger partial charge in [0, 0.05) is 44.5 Å². The molecule has 2 rings (SSSR count). The summed E-state index contributed by atoms with van der Waals surface area (Å²) in [6.07, 6.45) is 2.88. The van der Waals surface area contributed by atoms with Gasteiger partial charge >= 0.3 is 0 Å². The molecular formula is C15H26N4. The molecule has 1 aliphatic heterocycles. The topological polar surface area (TPSA) is 45.4 Å². The summed E-state index contributed by atoms with van der Waals surface area (Å²) in [5.74, 6) is 1.08. The highest BCUT2D eigenvalue weighted by Gasteiger charge is 2.19. The van der Waals surface area contributed by atoms with E-state index in [1.54, 1.807) is 0 Å². The summed E-state index contributed by atoms with van der Waals surface area (Å²) in [5.41, 5.74) is 7.15. The maximum absolute atomic E-state index is 6.01. The van der Waals surface area contributed by atoms with E-state index in [1.165, 1.54) is 0 Å². The van der Waals surface area contributed by atoms with Crippen molar-refractivity contribution in [2.24, 2.45) is 5.73 Å². The normalized spacial score (nSPS) is 18.9. The molecule has 1 fully saturated rings. The molecule has 4 nitrogen and oxygen atoms in total. The summed E-state index contributed by atoms with van der Waals surface area (Å²) in [4.78, 5) is 9.44.